The molecular formula is C13H26O2Si. The standard InChI is InChI=1S/C13H26O2Si/c1-12(2,3)11(14)13(9-7-8-10-13)15-16(4,5)6/h7-10H2,1-6H3. The van der Waals surface area contributed by atoms with Crippen molar-refractivity contribution in [3.05, 3.63) is 0 Å². The van der Waals surface area contributed by atoms with E-state index in [2.05, 4.69) is 19.6 Å². The lowest BCUT2D eigenvalue weighted by Gasteiger charge is -2.38. The van der Waals surface area contributed by atoms with Crippen LogP contribution >= 0.6 is 0 Å². The van der Waals surface area contributed by atoms with Crippen LogP contribution in [0.3, 0.4) is 0 Å². The van der Waals surface area contributed by atoms with E-state index >= 15 is 0 Å². The Labute approximate surface area is 101 Å². The van der Waals surface area contributed by atoms with Crippen LogP contribution in [0.15, 0.2) is 0 Å². The van der Waals surface area contributed by atoms with Gasteiger partial charge in [0.15, 0.2) is 14.1 Å². The molecule has 0 aromatic heterocycles. The van der Waals surface area contributed by atoms with E-state index in [1.165, 1.54) is 0 Å². The fraction of sp³-hybridized carbons (Fsp3) is 0.923. The quantitative estimate of drug-likeness (QED) is 0.704. The molecule has 0 aromatic rings. The van der Waals surface area contributed by atoms with Gasteiger partial charge in [-0.15, -0.1) is 0 Å². The molecule has 0 saturated heterocycles. The zero-order chi connectivity index (χ0) is 12.6. The van der Waals surface area contributed by atoms with Gasteiger partial charge in [-0.2, -0.15) is 0 Å². The van der Waals surface area contributed by atoms with Gasteiger partial charge in [-0.05, 0) is 32.5 Å². The molecule has 0 atom stereocenters. The van der Waals surface area contributed by atoms with Crippen LogP contribution in [0, 0.1) is 5.41 Å². The predicted octanol–water partition coefficient (Wildman–Crippen LogP) is 3.77. The van der Waals surface area contributed by atoms with Gasteiger partial charge in [-0.25, -0.2) is 0 Å². The van der Waals surface area contributed by atoms with E-state index in [4.69, 9.17) is 4.43 Å². The fourth-order valence-electron chi connectivity index (χ4n) is 2.59. The molecule has 0 unspecified atom stereocenters. The number of carbonyl (C=O) groups excluding carboxylic acids is 1. The highest BCUT2D eigenvalue weighted by Crippen LogP contribution is 2.40. The van der Waals surface area contributed by atoms with E-state index in [0.29, 0.717) is 5.78 Å². The molecule has 0 amide bonds. The first-order valence-electron chi connectivity index (χ1n) is 6.32. The average molecular weight is 242 g/mol. The van der Waals surface area contributed by atoms with Gasteiger partial charge in [0.05, 0.1) is 0 Å². The second-order valence-electron chi connectivity index (χ2n) is 6.99. The van der Waals surface area contributed by atoms with Crippen LogP contribution in [0.4, 0.5) is 0 Å². The summed E-state index contributed by atoms with van der Waals surface area (Å²) in [5.74, 6) is 0.305. The first kappa shape index (κ1) is 13.9. The van der Waals surface area contributed by atoms with Crippen molar-refractivity contribution in [3.63, 3.8) is 0 Å². The van der Waals surface area contributed by atoms with Crippen LogP contribution in [-0.4, -0.2) is 19.7 Å². The monoisotopic (exact) mass is 242 g/mol. The van der Waals surface area contributed by atoms with Gasteiger partial charge in [0, 0.05) is 5.41 Å². The summed E-state index contributed by atoms with van der Waals surface area (Å²) in [6.07, 6.45) is 4.11. The van der Waals surface area contributed by atoms with Crippen molar-refractivity contribution in [1.82, 2.24) is 0 Å². The Bertz CT molecular complexity index is 265. The minimum Gasteiger partial charge on any atom is -0.405 e. The van der Waals surface area contributed by atoms with Gasteiger partial charge in [-0.3, -0.25) is 4.79 Å². The van der Waals surface area contributed by atoms with Crippen molar-refractivity contribution in [2.45, 2.75) is 71.7 Å². The van der Waals surface area contributed by atoms with Crippen molar-refractivity contribution < 1.29 is 9.22 Å². The Morgan fingerprint density at radius 3 is 1.88 bits per heavy atom. The summed E-state index contributed by atoms with van der Waals surface area (Å²) >= 11 is 0. The zero-order valence-electron chi connectivity index (χ0n) is 11.6. The Balaban J connectivity index is 2.94. The summed E-state index contributed by atoms with van der Waals surface area (Å²) in [7, 11) is -1.66. The van der Waals surface area contributed by atoms with Crippen molar-refractivity contribution in [3.8, 4) is 0 Å². The van der Waals surface area contributed by atoms with Crippen molar-refractivity contribution in [2.75, 3.05) is 0 Å². The molecule has 0 aliphatic heterocycles. The Hall–Kier alpha value is -0.153. The van der Waals surface area contributed by atoms with E-state index in [9.17, 15) is 4.79 Å². The molecule has 0 bridgehead atoms. The largest absolute Gasteiger partial charge is 0.405 e. The second kappa shape index (κ2) is 4.26. The molecule has 2 nitrogen and oxygen atoms in total. The lowest BCUT2D eigenvalue weighted by atomic mass is 9.79. The Morgan fingerprint density at radius 1 is 1.12 bits per heavy atom. The fourth-order valence-corrected chi connectivity index (χ4v) is 4.06. The topological polar surface area (TPSA) is 26.3 Å². The van der Waals surface area contributed by atoms with E-state index in [1.54, 1.807) is 0 Å². The van der Waals surface area contributed by atoms with Crippen LogP contribution in [0.1, 0.15) is 46.5 Å². The third-order valence-electron chi connectivity index (χ3n) is 3.01. The van der Waals surface area contributed by atoms with Gasteiger partial charge in [0.1, 0.15) is 5.60 Å². The third kappa shape index (κ3) is 3.17. The van der Waals surface area contributed by atoms with Crippen molar-refractivity contribution in [2.24, 2.45) is 5.41 Å². The third-order valence-corrected chi connectivity index (χ3v) is 4.01. The highest BCUT2D eigenvalue weighted by atomic mass is 28.4. The normalized spacial score (nSPS) is 21.1. The lowest BCUT2D eigenvalue weighted by molar-refractivity contribution is -0.143. The molecule has 1 saturated carbocycles. The molecule has 1 aliphatic rings. The smallest absolute Gasteiger partial charge is 0.185 e. The number of carbonyl (C=O) groups is 1. The van der Waals surface area contributed by atoms with Gasteiger partial charge in [-0.1, -0.05) is 33.6 Å². The number of rotatable bonds is 3. The van der Waals surface area contributed by atoms with Crippen LogP contribution in [0.25, 0.3) is 0 Å². The SMILES string of the molecule is CC(C)(C)C(=O)C1(O[Si](C)(C)C)CCCC1. The highest BCUT2D eigenvalue weighted by Gasteiger charge is 2.48. The zero-order valence-corrected chi connectivity index (χ0v) is 12.6. The molecule has 0 radical (unpaired) electrons. The molecule has 0 spiro atoms. The molecule has 3 heteroatoms. The maximum absolute atomic E-state index is 12.6. The summed E-state index contributed by atoms with van der Waals surface area (Å²) in [5, 5.41) is 0. The van der Waals surface area contributed by atoms with E-state index in [1.807, 2.05) is 20.8 Å². The average Bonchev–Trinajstić information content (AvgIpc) is 2.48. The summed E-state index contributed by atoms with van der Waals surface area (Å²) in [5.41, 5.74) is -0.743. The van der Waals surface area contributed by atoms with E-state index in [0.717, 1.165) is 25.7 Å². The van der Waals surface area contributed by atoms with Crippen LogP contribution in [0.2, 0.25) is 19.6 Å². The van der Waals surface area contributed by atoms with Crippen LogP contribution in [-0.2, 0) is 9.22 Å². The molecule has 1 fully saturated rings. The Morgan fingerprint density at radius 2 is 1.56 bits per heavy atom. The van der Waals surface area contributed by atoms with Gasteiger partial charge >= 0.3 is 0 Å². The van der Waals surface area contributed by atoms with Gasteiger partial charge < -0.3 is 4.43 Å². The number of ketones is 1. The molecule has 0 heterocycles. The van der Waals surface area contributed by atoms with E-state index < -0.39 is 13.9 Å². The number of hydrogen-bond acceptors (Lipinski definition) is 2. The first-order chi connectivity index (χ1) is 7.07. The van der Waals surface area contributed by atoms with Crippen LogP contribution in [0.5, 0.6) is 0 Å². The summed E-state index contributed by atoms with van der Waals surface area (Å²) in [6, 6.07) is 0. The van der Waals surface area contributed by atoms with Crippen molar-refractivity contribution >= 4 is 14.1 Å². The molecule has 1 rings (SSSR count). The molecule has 94 valence electrons. The van der Waals surface area contributed by atoms with E-state index in [-0.39, 0.29) is 5.41 Å². The maximum atomic E-state index is 12.6. The molecule has 0 N–H and O–H groups in total. The summed E-state index contributed by atoms with van der Waals surface area (Å²) in [4.78, 5) is 12.6. The molecule has 0 aromatic carbocycles. The van der Waals surface area contributed by atoms with Crippen LogP contribution < -0.4 is 0 Å². The van der Waals surface area contributed by atoms with Gasteiger partial charge in [0.25, 0.3) is 0 Å². The predicted molar refractivity (Wildman–Crippen MR) is 70.1 cm³/mol. The summed E-state index contributed by atoms with van der Waals surface area (Å²) < 4.78 is 6.26. The lowest BCUT2D eigenvalue weighted by Crippen LogP contribution is -2.51. The minimum atomic E-state index is -1.66. The first-order valence-corrected chi connectivity index (χ1v) is 9.73. The molecule has 16 heavy (non-hydrogen) atoms. The second-order valence-corrected chi connectivity index (χ2v) is 11.4. The number of hydrogen-bond donors (Lipinski definition) is 0. The minimum absolute atomic E-state index is 0.288. The molecular weight excluding hydrogens is 216 g/mol. The van der Waals surface area contributed by atoms with Crippen molar-refractivity contribution in [1.29, 1.82) is 0 Å². The summed E-state index contributed by atoms with van der Waals surface area (Å²) in [6.45, 7) is 12.5. The highest BCUT2D eigenvalue weighted by molar-refractivity contribution is 6.70. The Kier molecular flexibility index (Phi) is 3.70. The maximum Gasteiger partial charge on any atom is 0.185 e. The van der Waals surface area contributed by atoms with Gasteiger partial charge in [0.2, 0.25) is 0 Å². The molecule has 1 aliphatic carbocycles. The number of Topliss-reactive ketones (excluding diaryl/α,β-unsaturated/α-hetero) is 1.